The van der Waals surface area contributed by atoms with Crippen LogP contribution >= 0.6 is 39.7 Å². The highest BCUT2D eigenvalue weighted by Gasteiger charge is 2.10. The minimum Gasteiger partial charge on any atom is -0.351 e. The highest BCUT2D eigenvalue weighted by Crippen LogP contribution is 2.29. The molecule has 2 rings (SSSR count). The molecular formula is C15H18BrClN2OS. The topological polar surface area (TPSA) is 55.1 Å². The van der Waals surface area contributed by atoms with E-state index >= 15 is 0 Å². The first-order chi connectivity index (χ1) is 9.56. The first kappa shape index (κ1) is 18.2. The predicted molar refractivity (Wildman–Crippen MR) is 95.3 cm³/mol. The minimum absolute atomic E-state index is 0. The second-order valence-electron chi connectivity index (χ2n) is 4.69. The zero-order chi connectivity index (χ0) is 14.5. The Labute approximate surface area is 143 Å². The van der Waals surface area contributed by atoms with Gasteiger partial charge >= 0.3 is 0 Å². The molecule has 0 fully saturated rings. The van der Waals surface area contributed by atoms with E-state index in [1.807, 2.05) is 43.3 Å². The number of halogens is 2. The average Bonchev–Trinajstić information content (AvgIpc) is 2.88. The third kappa shape index (κ3) is 5.43. The molecule has 1 aromatic carbocycles. The van der Waals surface area contributed by atoms with Crippen molar-refractivity contribution in [1.29, 1.82) is 0 Å². The highest BCUT2D eigenvalue weighted by atomic mass is 79.9. The van der Waals surface area contributed by atoms with Gasteiger partial charge in [-0.2, -0.15) is 0 Å². The van der Waals surface area contributed by atoms with Gasteiger partial charge in [0.2, 0.25) is 0 Å². The van der Waals surface area contributed by atoms with Gasteiger partial charge in [-0.1, -0.05) is 28.1 Å². The summed E-state index contributed by atoms with van der Waals surface area (Å²) < 4.78 is 1.05. The van der Waals surface area contributed by atoms with E-state index in [4.69, 9.17) is 5.73 Å². The van der Waals surface area contributed by atoms with Crippen molar-refractivity contribution in [1.82, 2.24) is 5.32 Å². The van der Waals surface area contributed by atoms with Crippen LogP contribution in [0.3, 0.4) is 0 Å². The Kier molecular flexibility index (Phi) is 7.39. The fourth-order valence-electron chi connectivity index (χ4n) is 1.73. The van der Waals surface area contributed by atoms with Gasteiger partial charge < -0.3 is 11.1 Å². The Bertz CT molecular complexity index is 584. The number of nitrogens with one attached hydrogen (secondary N) is 1. The number of amides is 1. The Morgan fingerprint density at radius 2 is 1.95 bits per heavy atom. The molecule has 1 amide bonds. The van der Waals surface area contributed by atoms with Crippen LogP contribution in [0.4, 0.5) is 0 Å². The zero-order valence-corrected chi connectivity index (χ0v) is 14.9. The summed E-state index contributed by atoms with van der Waals surface area (Å²) in [6, 6.07) is 12.0. The maximum Gasteiger partial charge on any atom is 0.261 e. The lowest BCUT2D eigenvalue weighted by molar-refractivity contribution is 0.0957. The molecule has 3 N–H and O–H groups in total. The molecule has 114 valence electrons. The molecule has 0 aliphatic rings. The Balaban J connectivity index is 0.00000220. The molecule has 0 saturated carbocycles. The minimum atomic E-state index is -0.0287. The van der Waals surface area contributed by atoms with Crippen molar-refractivity contribution < 1.29 is 4.79 Å². The second kappa shape index (κ2) is 8.54. The maximum atomic E-state index is 12.0. The fourth-order valence-corrected chi connectivity index (χ4v) is 2.92. The fraction of sp³-hybridized carbons (Fsp3) is 0.267. The van der Waals surface area contributed by atoms with Gasteiger partial charge in [-0.25, -0.2) is 0 Å². The van der Waals surface area contributed by atoms with Gasteiger partial charge in [-0.3, -0.25) is 4.79 Å². The summed E-state index contributed by atoms with van der Waals surface area (Å²) in [5.41, 5.74) is 6.78. The molecule has 0 aliphatic carbocycles. The summed E-state index contributed by atoms with van der Waals surface area (Å²) in [5.74, 6) is -0.0287. The number of nitrogens with two attached hydrogens (primary N) is 1. The lowest BCUT2D eigenvalue weighted by atomic mass is 10.2. The van der Waals surface area contributed by atoms with Crippen molar-refractivity contribution in [3.63, 3.8) is 0 Å². The van der Waals surface area contributed by atoms with Gasteiger partial charge in [0.05, 0.1) is 4.88 Å². The van der Waals surface area contributed by atoms with Gasteiger partial charge in [0.15, 0.2) is 0 Å². The van der Waals surface area contributed by atoms with E-state index in [2.05, 4.69) is 21.2 Å². The molecule has 0 radical (unpaired) electrons. The molecular weight excluding hydrogens is 372 g/mol. The van der Waals surface area contributed by atoms with Crippen LogP contribution in [0, 0.1) is 0 Å². The number of hydrogen-bond acceptors (Lipinski definition) is 3. The van der Waals surface area contributed by atoms with Crippen LogP contribution < -0.4 is 11.1 Å². The Hall–Kier alpha value is -0.880. The lowest BCUT2D eigenvalue weighted by Crippen LogP contribution is -2.28. The smallest absolute Gasteiger partial charge is 0.261 e. The van der Waals surface area contributed by atoms with Crippen molar-refractivity contribution in [3.05, 3.63) is 45.7 Å². The third-order valence-corrected chi connectivity index (χ3v) is 4.51. The standard InChI is InChI=1S/C15H17BrN2OS.ClH/c1-10(17)8-9-18-15(19)14-7-6-13(20-14)11-2-4-12(16)5-3-11;/h2-7,10H,8-9,17H2,1H3,(H,18,19);1H. The summed E-state index contributed by atoms with van der Waals surface area (Å²) in [6.07, 6.45) is 0.788. The number of thiophene rings is 1. The van der Waals surface area contributed by atoms with Gasteiger partial charge in [0.1, 0.15) is 0 Å². The van der Waals surface area contributed by atoms with E-state index in [9.17, 15) is 4.79 Å². The number of hydrogen-bond donors (Lipinski definition) is 2. The van der Waals surface area contributed by atoms with E-state index in [0.29, 0.717) is 6.54 Å². The van der Waals surface area contributed by atoms with Gasteiger partial charge in [-0.15, -0.1) is 23.7 Å². The summed E-state index contributed by atoms with van der Waals surface area (Å²) in [7, 11) is 0. The zero-order valence-electron chi connectivity index (χ0n) is 11.6. The van der Waals surface area contributed by atoms with Crippen molar-refractivity contribution >= 4 is 45.6 Å². The summed E-state index contributed by atoms with van der Waals surface area (Å²) >= 11 is 4.92. The average molecular weight is 390 g/mol. The van der Waals surface area contributed by atoms with Crippen LogP contribution in [0.5, 0.6) is 0 Å². The van der Waals surface area contributed by atoms with Crippen molar-refractivity contribution in [2.75, 3.05) is 6.54 Å². The van der Waals surface area contributed by atoms with E-state index in [-0.39, 0.29) is 24.4 Å². The van der Waals surface area contributed by atoms with Crippen LogP contribution in [0.1, 0.15) is 23.0 Å². The van der Waals surface area contributed by atoms with Crippen molar-refractivity contribution in [3.8, 4) is 10.4 Å². The number of rotatable bonds is 5. The van der Waals surface area contributed by atoms with Crippen LogP contribution in [-0.4, -0.2) is 18.5 Å². The highest BCUT2D eigenvalue weighted by molar-refractivity contribution is 9.10. The first-order valence-corrected chi connectivity index (χ1v) is 8.07. The summed E-state index contributed by atoms with van der Waals surface area (Å²) in [5, 5.41) is 2.89. The van der Waals surface area contributed by atoms with E-state index < -0.39 is 0 Å². The number of carbonyl (C=O) groups excluding carboxylic acids is 1. The van der Waals surface area contributed by atoms with Crippen molar-refractivity contribution in [2.45, 2.75) is 19.4 Å². The molecule has 2 aromatic rings. The van der Waals surface area contributed by atoms with Crippen LogP contribution in [0.2, 0.25) is 0 Å². The molecule has 0 bridgehead atoms. The quantitative estimate of drug-likeness (QED) is 0.810. The van der Waals surface area contributed by atoms with Crippen LogP contribution in [-0.2, 0) is 0 Å². The molecule has 1 atom stereocenters. The summed E-state index contributed by atoms with van der Waals surface area (Å²) in [4.78, 5) is 13.8. The monoisotopic (exact) mass is 388 g/mol. The van der Waals surface area contributed by atoms with E-state index in [1.54, 1.807) is 0 Å². The lowest BCUT2D eigenvalue weighted by Gasteiger charge is -2.05. The second-order valence-corrected chi connectivity index (χ2v) is 6.69. The van der Waals surface area contributed by atoms with Crippen molar-refractivity contribution in [2.24, 2.45) is 5.73 Å². The molecule has 0 aliphatic heterocycles. The molecule has 1 unspecified atom stereocenters. The Morgan fingerprint density at radius 1 is 1.29 bits per heavy atom. The van der Waals surface area contributed by atoms with E-state index in [0.717, 1.165) is 26.2 Å². The first-order valence-electron chi connectivity index (χ1n) is 6.46. The third-order valence-electron chi connectivity index (χ3n) is 2.84. The van der Waals surface area contributed by atoms with Crippen LogP contribution in [0.15, 0.2) is 40.9 Å². The van der Waals surface area contributed by atoms with Gasteiger partial charge in [0.25, 0.3) is 5.91 Å². The molecule has 0 saturated heterocycles. The number of carbonyl (C=O) groups is 1. The van der Waals surface area contributed by atoms with Gasteiger partial charge in [0, 0.05) is 21.9 Å². The predicted octanol–water partition coefficient (Wildman–Crippen LogP) is 4.07. The van der Waals surface area contributed by atoms with E-state index in [1.165, 1.54) is 11.3 Å². The van der Waals surface area contributed by atoms with Crippen LogP contribution in [0.25, 0.3) is 10.4 Å². The molecule has 1 heterocycles. The van der Waals surface area contributed by atoms with Gasteiger partial charge in [-0.05, 0) is 43.2 Å². The molecule has 0 spiro atoms. The summed E-state index contributed by atoms with van der Waals surface area (Å²) in [6.45, 7) is 2.55. The largest absolute Gasteiger partial charge is 0.351 e. The molecule has 3 nitrogen and oxygen atoms in total. The SMILES string of the molecule is CC(N)CCNC(=O)c1ccc(-c2ccc(Br)cc2)s1.Cl. The molecule has 6 heteroatoms. The molecule has 1 aromatic heterocycles. The maximum absolute atomic E-state index is 12.0. The normalized spacial score (nSPS) is 11.6. The molecule has 21 heavy (non-hydrogen) atoms. The Morgan fingerprint density at radius 3 is 2.57 bits per heavy atom. The number of benzene rings is 1.